The molecular weight excluding hydrogens is 420 g/mol. The predicted molar refractivity (Wildman–Crippen MR) is 152 cm³/mol. The fourth-order valence-corrected chi connectivity index (χ4v) is 5.01. The summed E-state index contributed by atoms with van der Waals surface area (Å²) in [5.74, 6) is 0. The molecule has 0 nitrogen and oxygen atoms in total. The molecular formula is C35H40. The molecule has 0 radical (unpaired) electrons. The van der Waals surface area contributed by atoms with E-state index in [1.54, 1.807) is 0 Å². The molecule has 0 atom stereocenters. The molecule has 0 saturated carbocycles. The Morgan fingerprint density at radius 2 is 0.600 bits per heavy atom. The summed E-state index contributed by atoms with van der Waals surface area (Å²) in [5.41, 5.74) is 14.3. The second-order valence-corrected chi connectivity index (χ2v) is 9.78. The average molecular weight is 461 g/mol. The molecule has 0 N–H and O–H groups in total. The van der Waals surface area contributed by atoms with E-state index >= 15 is 0 Å². The normalized spacial score (nSPS) is 11.1. The Bertz CT molecular complexity index is 1210. The Labute approximate surface area is 213 Å². The van der Waals surface area contributed by atoms with Gasteiger partial charge in [-0.25, -0.2) is 0 Å². The summed E-state index contributed by atoms with van der Waals surface area (Å²) in [5, 5.41) is 0. The van der Waals surface area contributed by atoms with Crippen molar-refractivity contribution < 1.29 is 0 Å². The molecule has 4 aromatic rings. The summed E-state index contributed by atoms with van der Waals surface area (Å²) in [6.45, 7) is 9.00. The van der Waals surface area contributed by atoms with Crippen LogP contribution in [0.4, 0.5) is 0 Å². The summed E-state index contributed by atoms with van der Waals surface area (Å²) in [6, 6.07) is 32.4. The van der Waals surface area contributed by atoms with Crippen LogP contribution in [-0.2, 0) is 44.9 Å². The SMILES string of the molecule is CCc1ccc(Cc2ccc(Cc3cc(CC)c(Cc4ccc(CC)cc4)cc3CC)cc2)cc1. The molecule has 0 heteroatoms. The first-order valence-electron chi connectivity index (χ1n) is 13.5. The van der Waals surface area contributed by atoms with Crippen LogP contribution in [0.5, 0.6) is 0 Å². The molecule has 0 spiro atoms. The number of rotatable bonds is 10. The van der Waals surface area contributed by atoms with E-state index in [-0.39, 0.29) is 0 Å². The van der Waals surface area contributed by atoms with Gasteiger partial charge in [0.2, 0.25) is 0 Å². The van der Waals surface area contributed by atoms with Gasteiger partial charge in [0.1, 0.15) is 0 Å². The van der Waals surface area contributed by atoms with Crippen molar-refractivity contribution in [2.24, 2.45) is 0 Å². The first-order valence-corrected chi connectivity index (χ1v) is 13.5. The smallest absolute Gasteiger partial charge is 0.00229 e. The van der Waals surface area contributed by atoms with E-state index in [1.807, 2.05) is 0 Å². The topological polar surface area (TPSA) is 0 Å². The lowest BCUT2D eigenvalue weighted by molar-refractivity contribution is 0.994. The highest BCUT2D eigenvalue weighted by Gasteiger charge is 2.10. The van der Waals surface area contributed by atoms with Gasteiger partial charge in [0, 0.05) is 0 Å². The van der Waals surface area contributed by atoms with E-state index in [2.05, 4.69) is 113 Å². The fraction of sp³-hybridized carbons (Fsp3) is 0.314. The van der Waals surface area contributed by atoms with Crippen molar-refractivity contribution in [1.82, 2.24) is 0 Å². The molecule has 0 unspecified atom stereocenters. The molecule has 4 aromatic carbocycles. The molecule has 0 aliphatic heterocycles. The first-order chi connectivity index (χ1) is 17.1. The largest absolute Gasteiger partial charge is 0.0613 e. The number of aryl methyl sites for hydroxylation is 4. The molecule has 4 rings (SSSR count). The second kappa shape index (κ2) is 12.0. The van der Waals surface area contributed by atoms with Gasteiger partial charge in [0.05, 0.1) is 0 Å². The van der Waals surface area contributed by atoms with Gasteiger partial charge in [-0.3, -0.25) is 0 Å². The third kappa shape index (κ3) is 6.51. The Kier molecular flexibility index (Phi) is 8.59. The zero-order valence-corrected chi connectivity index (χ0v) is 22.0. The Morgan fingerprint density at radius 3 is 0.886 bits per heavy atom. The van der Waals surface area contributed by atoms with E-state index in [4.69, 9.17) is 0 Å². The van der Waals surface area contributed by atoms with Crippen LogP contribution >= 0.6 is 0 Å². The quantitative estimate of drug-likeness (QED) is 0.222. The van der Waals surface area contributed by atoms with Crippen LogP contribution in [-0.4, -0.2) is 0 Å². The molecule has 0 amide bonds. The highest BCUT2D eigenvalue weighted by atomic mass is 14.2. The third-order valence-corrected chi connectivity index (χ3v) is 7.37. The van der Waals surface area contributed by atoms with Gasteiger partial charge in [-0.15, -0.1) is 0 Å². The summed E-state index contributed by atoms with van der Waals surface area (Å²) < 4.78 is 0. The summed E-state index contributed by atoms with van der Waals surface area (Å²) in [6.07, 6.45) is 7.38. The lowest BCUT2D eigenvalue weighted by Gasteiger charge is -2.16. The molecule has 35 heavy (non-hydrogen) atoms. The van der Waals surface area contributed by atoms with E-state index in [9.17, 15) is 0 Å². The minimum absolute atomic E-state index is 0.998. The maximum atomic E-state index is 2.48. The molecule has 180 valence electrons. The minimum atomic E-state index is 0.998. The zero-order valence-electron chi connectivity index (χ0n) is 22.0. The number of hydrogen-bond acceptors (Lipinski definition) is 0. The second-order valence-electron chi connectivity index (χ2n) is 9.78. The van der Waals surface area contributed by atoms with Crippen molar-refractivity contribution in [2.75, 3.05) is 0 Å². The molecule has 0 heterocycles. The fourth-order valence-electron chi connectivity index (χ4n) is 5.01. The van der Waals surface area contributed by atoms with Gasteiger partial charge in [0.25, 0.3) is 0 Å². The first kappa shape index (κ1) is 25.0. The summed E-state index contributed by atoms with van der Waals surface area (Å²) in [4.78, 5) is 0. The van der Waals surface area contributed by atoms with Gasteiger partial charge < -0.3 is 0 Å². The minimum Gasteiger partial charge on any atom is -0.0613 e. The van der Waals surface area contributed by atoms with Crippen molar-refractivity contribution >= 4 is 0 Å². The van der Waals surface area contributed by atoms with Crippen LogP contribution < -0.4 is 0 Å². The molecule has 0 aliphatic rings. The van der Waals surface area contributed by atoms with Crippen LogP contribution in [0.15, 0.2) is 84.9 Å². The van der Waals surface area contributed by atoms with Crippen LogP contribution in [0.2, 0.25) is 0 Å². The molecule has 0 saturated heterocycles. The van der Waals surface area contributed by atoms with E-state index in [0.29, 0.717) is 0 Å². The van der Waals surface area contributed by atoms with Crippen molar-refractivity contribution in [3.8, 4) is 0 Å². The van der Waals surface area contributed by atoms with Crippen molar-refractivity contribution in [1.29, 1.82) is 0 Å². The van der Waals surface area contributed by atoms with E-state index in [0.717, 1.165) is 44.9 Å². The van der Waals surface area contributed by atoms with Crippen molar-refractivity contribution in [3.05, 3.63) is 141 Å². The van der Waals surface area contributed by atoms with Crippen LogP contribution in [0.1, 0.15) is 83.3 Å². The van der Waals surface area contributed by atoms with Crippen LogP contribution in [0.3, 0.4) is 0 Å². The van der Waals surface area contributed by atoms with E-state index < -0.39 is 0 Å². The lowest BCUT2D eigenvalue weighted by Crippen LogP contribution is -2.03. The predicted octanol–water partition coefficient (Wildman–Crippen LogP) is 8.71. The molecule has 0 aliphatic carbocycles. The third-order valence-electron chi connectivity index (χ3n) is 7.37. The van der Waals surface area contributed by atoms with Gasteiger partial charge >= 0.3 is 0 Å². The van der Waals surface area contributed by atoms with Crippen molar-refractivity contribution in [2.45, 2.75) is 72.6 Å². The number of benzene rings is 4. The standard InChI is InChI=1S/C35H40/c1-5-26-9-13-28(14-10-26)21-29-17-19-31(20-18-29)23-35-25-32(7-3)34(24-33(35)8-4)22-30-15-11-27(6-2)12-16-30/h9-20,24-25H,5-8,21-23H2,1-4H3. The molecule has 0 aromatic heterocycles. The Hall–Kier alpha value is -3.12. The van der Waals surface area contributed by atoms with E-state index in [1.165, 1.54) is 55.6 Å². The van der Waals surface area contributed by atoms with Gasteiger partial charge in [-0.1, -0.05) is 113 Å². The summed E-state index contributed by atoms with van der Waals surface area (Å²) >= 11 is 0. The molecule has 0 bridgehead atoms. The zero-order chi connectivity index (χ0) is 24.6. The van der Waals surface area contributed by atoms with Crippen molar-refractivity contribution in [3.63, 3.8) is 0 Å². The number of hydrogen-bond donors (Lipinski definition) is 0. The lowest BCUT2D eigenvalue weighted by atomic mass is 9.89. The van der Waals surface area contributed by atoms with Gasteiger partial charge in [-0.2, -0.15) is 0 Å². The highest BCUT2D eigenvalue weighted by molar-refractivity contribution is 5.44. The highest BCUT2D eigenvalue weighted by Crippen LogP contribution is 2.24. The van der Waals surface area contributed by atoms with Gasteiger partial charge in [0.15, 0.2) is 0 Å². The van der Waals surface area contributed by atoms with Crippen LogP contribution in [0.25, 0.3) is 0 Å². The Morgan fingerprint density at radius 1 is 0.314 bits per heavy atom. The maximum absolute atomic E-state index is 2.48. The summed E-state index contributed by atoms with van der Waals surface area (Å²) in [7, 11) is 0. The Balaban J connectivity index is 1.49. The average Bonchev–Trinajstić information content (AvgIpc) is 2.91. The maximum Gasteiger partial charge on any atom is -0.00229 e. The monoisotopic (exact) mass is 460 g/mol. The van der Waals surface area contributed by atoms with Gasteiger partial charge in [-0.05, 0) is 101 Å². The molecule has 0 fully saturated rings. The van der Waals surface area contributed by atoms with Crippen LogP contribution in [0, 0.1) is 0 Å².